The largest absolute Gasteiger partial charge is 0.379 e. The summed E-state index contributed by atoms with van der Waals surface area (Å²) < 4.78 is 2.14. The molecular formula is C13H17N3. The fraction of sp³-hybridized carbons (Fsp3) is 0.308. The Morgan fingerprint density at radius 1 is 1.31 bits per heavy atom. The second kappa shape index (κ2) is 4.84. The molecule has 2 rings (SSSR count). The highest BCUT2D eigenvalue weighted by Gasteiger charge is 2.01. The van der Waals surface area contributed by atoms with Gasteiger partial charge in [-0.25, -0.2) is 4.98 Å². The van der Waals surface area contributed by atoms with Gasteiger partial charge in [0.2, 0.25) is 0 Å². The van der Waals surface area contributed by atoms with Crippen LogP contribution in [0.2, 0.25) is 0 Å². The zero-order valence-electron chi connectivity index (χ0n) is 9.77. The van der Waals surface area contributed by atoms with Crippen LogP contribution in [-0.4, -0.2) is 9.55 Å². The van der Waals surface area contributed by atoms with Gasteiger partial charge in [0.05, 0.1) is 18.6 Å². The number of benzene rings is 1. The van der Waals surface area contributed by atoms with Crippen molar-refractivity contribution >= 4 is 5.69 Å². The third kappa shape index (κ3) is 2.24. The van der Waals surface area contributed by atoms with Crippen molar-refractivity contribution in [3.63, 3.8) is 0 Å². The zero-order chi connectivity index (χ0) is 11.4. The molecule has 84 valence electrons. The highest BCUT2D eigenvalue weighted by molar-refractivity contribution is 5.50. The van der Waals surface area contributed by atoms with E-state index < -0.39 is 0 Å². The van der Waals surface area contributed by atoms with Gasteiger partial charge in [-0.3, -0.25) is 0 Å². The van der Waals surface area contributed by atoms with Crippen molar-refractivity contribution in [2.24, 2.45) is 0 Å². The molecule has 0 fully saturated rings. The average molecular weight is 215 g/mol. The summed E-state index contributed by atoms with van der Waals surface area (Å²) in [5.41, 5.74) is 3.67. The molecule has 1 aromatic heterocycles. The smallest absolute Gasteiger partial charge is 0.0948 e. The van der Waals surface area contributed by atoms with E-state index in [2.05, 4.69) is 46.9 Å². The number of nitrogens with one attached hydrogen (secondary N) is 1. The number of hydrogen-bond acceptors (Lipinski definition) is 2. The van der Waals surface area contributed by atoms with E-state index in [9.17, 15) is 0 Å². The molecule has 16 heavy (non-hydrogen) atoms. The van der Waals surface area contributed by atoms with Crippen molar-refractivity contribution < 1.29 is 0 Å². The van der Waals surface area contributed by atoms with E-state index in [1.54, 1.807) is 0 Å². The number of para-hydroxylation sites is 1. The second-order valence-corrected chi connectivity index (χ2v) is 3.84. The minimum absolute atomic E-state index is 0.818. The van der Waals surface area contributed by atoms with Gasteiger partial charge in [0.1, 0.15) is 0 Å². The lowest BCUT2D eigenvalue weighted by molar-refractivity contribution is 0.719. The topological polar surface area (TPSA) is 29.9 Å². The summed E-state index contributed by atoms with van der Waals surface area (Å²) in [5.74, 6) is 0. The fourth-order valence-corrected chi connectivity index (χ4v) is 1.74. The number of aromatic nitrogens is 2. The molecule has 1 aromatic carbocycles. The van der Waals surface area contributed by atoms with Crippen LogP contribution < -0.4 is 5.32 Å². The van der Waals surface area contributed by atoms with Crippen LogP contribution in [0.3, 0.4) is 0 Å². The molecule has 0 aliphatic rings. The van der Waals surface area contributed by atoms with Crippen molar-refractivity contribution in [2.45, 2.75) is 26.9 Å². The molecule has 0 saturated heterocycles. The van der Waals surface area contributed by atoms with E-state index in [4.69, 9.17) is 0 Å². The van der Waals surface area contributed by atoms with Crippen molar-refractivity contribution in [1.82, 2.24) is 9.55 Å². The lowest BCUT2D eigenvalue weighted by Gasteiger charge is -2.10. The van der Waals surface area contributed by atoms with Crippen molar-refractivity contribution in [3.8, 4) is 0 Å². The van der Waals surface area contributed by atoms with Crippen molar-refractivity contribution in [1.29, 1.82) is 0 Å². The first-order valence-electron chi connectivity index (χ1n) is 5.59. The monoisotopic (exact) mass is 215 g/mol. The number of anilines is 1. The Balaban J connectivity index is 2.05. The highest BCUT2D eigenvalue weighted by atomic mass is 15.1. The molecule has 0 saturated carbocycles. The molecule has 0 spiro atoms. The number of aryl methyl sites for hydroxylation is 2. The number of nitrogens with zero attached hydrogens (tertiary/aromatic N) is 2. The fourth-order valence-electron chi connectivity index (χ4n) is 1.74. The van der Waals surface area contributed by atoms with E-state index in [-0.39, 0.29) is 0 Å². The standard InChI is InChI=1S/C13H17N3/c1-3-16-10-14-8-12(16)9-15-13-7-5-4-6-11(13)2/h4-8,10,15H,3,9H2,1-2H3. The minimum atomic E-state index is 0.818. The van der Waals surface area contributed by atoms with Crippen LogP contribution >= 0.6 is 0 Å². The normalized spacial score (nSPS) is 10.4. The predicted octanol–water partition coefficient (Wildman–Crippen LogP) is 2.82. The number of hydrogen-bond donors (Lipinski definition) is 1. The lowest BCUT2D eigenvalue weighted by atomic mass is 10.2. The Kier molecular flexibility index (Phi) is 3.25. The molecule has 0 amide bonds. The Bertz CT molecular complexity index is 460. The molecule has 0 aliphatic heterocycles. The van der Waals surface area contributed by atoms with Gasteiger partial charge in [-0.15, -0.1) is 0 Å². The summed E-state index contributed by atoms with van der Waals surface area (Å²) in [5, 5.41) is 3.43. The van der Waals surface area contributed by atoms with Gasteiger partial charge < -0.3 is 9.88 Å². The van der Waals surface area contributed by atoms with E-state index in [0.29, 0.717) is 0 Å². The highest BCUT2D eigenvalue weighted by Crippen LogP contribution is 2.14. The van der Waals surface area contributed by atoms with E-state index >= 15 is 0 Å². The molecule has 1 N–H and O–H groups in total. The van der Waals surface area contributed by atoms with E-state index in [0.717, 1.165) is 13.1 Å². The van der Waals surface area contributed by atoms with Crippen molar-refractivity contribution in [2.75, 3.05) is 5.32 Å². The van der Waals surface area contributed by atoms with Crippen LogP contribution in [0, 0.1) is 6.92 Å². The van der Waals surface area contributed by atoms with Crippen molar-refractivity contribution in [3.05, 3.63) is 48.0 Å². The summed E-state index contributed by atoms with van der Waals surface area (Å²) in [6.45, 7) is 6.02. The number of imidazole rings is 1. The van der Waals surface area contributed by atoms with Crippen LogP contribution in [-0.2, 0) is 13.1 Å². The summed E-state index contributed by atoms with van der Waals surface area (Å²) in [4.78, 5) is 4.15. The summed E-state index contributed by atoms with van der Waals surface area (Å²) in [6.07, 6.45) is 3.78. The van der Waals surface area contributed by atoms with Gasteiger partial charge in [0.15, 0.2) is 0 Å². The third-order valence-electron chi connectivity index (χ3n) is 2.74. The molecule has 0 bridgehead atoms. The van der Waals surface area contributed by atoms with Gasteiger partial charge in [-0.05, 0) is 25.5 Å². The lowest BCUT2D eigenvalue weighted by Crippen LogP contribution is -2.06. The predicted molar refractivity (Wildman–Crippen MR) is 66.4 cm³/mol. The molecule has 2 aromatic rings. The molecule has 1 heterocycles. The maximum absolute atomic E-state index is 4.15. The first-order valence-corrected chi connectivity index (χ1v) is 5.59. The van der Waals surface area contributed by atoms with Gasteiger partial charge in [-0.1, -0.05) is 18.2 Å². The molecule has 0 unspecified atom stereocenters. The van der Waals surface area contributed by atoms with Crippen LogP contribution in [0.25, 0.3) is 0 Å². The van der Waals surface area contributed by atoms with Crippen LogP contribution in [0.5, 0.6) is 0 Å². The maximum atomic E-state index is 4.15. The molecule has 0 atom stereocenters. The summed E-state index contributed by atoms with van der Waals surface area (Å²) >= 11 is 0. The summed E-state index contributed by atoms with van der Waals surface area (Å²) in [7, 11) is 0. The van der Waals surface area contributed by atoms with E-state index in [1.807, 2.05) is 18.6 Å². The van der Waals surface area contributed by atoms with Gasteiger partial charge in [-0.2, -0.15) is 0 Å². The quantitative estimate of drug-likeness (QED) is 0.850. The molecule has 0 radical (unpaired) electrons. The van der Waals surface area contributed by atoms with Crippen LogP contribution in [0.15, 0.2) is 36.8 Å². The Morgan fingerprint density at radius 3 is 2.88 bits per heavy atom. The maximum Gasteiger partial charge on any atom is 0.0948 e. The first kappa shape index (κ1) is 10.7. The zero-order valence-corrected chi connectivity index (χ0v) is 9.77. The minimum Gasteiger partial charge on any atom is -0.379 e. The van der Waals surface area contributed by atoms with Crippen LogP contribution in [0.4, 0.5) is 5.69 Å². The van der Waals surface area contributed by atoms with Gasteiger partial charge in [0.25, 0.3) is 0 Å². The Morgan fingerprint density at radius 2 is 2.12 bits per heavy atom. The Labute approximate surface area is 96.1 Å². The number of rotatable bonds is 4. The molecular weight excluding hydrogens is 198 g/mol. The van der Waals surface area contributed by atoms with Gasteiger partial charge >= 0.3 is 0 Å². The van der Waals surface area contributed by atoms with E-state index in [1.165, 1.54) is 16.9 Å². The Hall–Kier alpha value is -1.77. The molecule has 0 aliphatic carbocycles. The molecule has 3 nitrogen and oxygen atoms in total. The summed E-state index contributed by atoms with van der Waals surface area (Å²) in [6, 6.07) is 8.31. The SMILES string of the molecule is CCn1cncc1CNc1ccccc1C. The molecule has 3 heteroatoms. The average Bonchev–Trinajstić information content (AvgIpc) is 2.75. The second-order valence-electron chi connectivity index (χ2n) is 3.84. The van der Waals surface area contributed by atoms with Crippen LogP contribution in [0.1, 0.15) is 18.2 Å². The van der Waals surface area contributed by atoms with Gasteiger partial charge in [0, 0.05) is 18.4 Å². The third-order valence-corrected chi connectivity index (χ3v) is 2.74. The first-order chi connectivity index (χ1) is 7.81.